The van der Waals surface area contributed by atoms with Gasteiger partial charge in [-0.2, -0.15) is 19.2 Å². The number of rotatable bonds is 0. The minimum Gasteiger partial charge on any atom is -0.398 e. The number of aromatic nitrogens is 6. The SMILES string of the molecule is Nc1cccc2cccc(N)c12.O=C1OC(=O)c2ccc3c4c(ccc1c24)C(=O)OC3=O.O=C1OC(=O)c2cccc3cccc1c23.O=C=O.O=C=O.O=c1c2ccc3c(=O)n4c5cccc6cccc(nc4c4ccc(c2c34)c2nc3cccc4cccc(c43)n12)c65.O=c1c2cccc3cccc(c32)c2nc3cccc4cccc(c43)n12.[CH3-].[CH3-].[Zn+2]. The number of esters is 6. The molecule has 0 saturated heterocycles. The van der Waals surface area contributed by atoms with E-state index in [2.05, 4.69) is 32.4 Å². The third-order valence-corrected chi connectivity index (χ3v) is 21.6. The molecule has 0 radical (unpaired) electrons. The average Bonchev–Trinajstić information content (AvgIpc) is 0.688. The van der Waals surface area contributed by atoms with Crippen LogP contribution in [0.3, 0.4) is 0 Å². The van der Waals surface area contributed by atoms with Crippen molar-refractivity contribution in [1.82, 2.24) is 28.2 Å². The molecule has 9 heterocycles. The van der Waals surface area contributed by atoms with Crippen LogP contribution >= 0.6 is 0 Å². The molecule has 121 heavy (non-hydrogen) atoms. The number of nitrogens with zero attached hydrogens (tertiary/aromatic N) is 6. The first-order valence-electron chi connectivity index (χ1n) is 36.4. The van der Waals surface area contributed by atoms with Gasteiger partial charge in [-0.15, -0.1) is 0 Å². The summed E-state index contributed by atoms with van der Waals surface area (Å²) < 4.78 is 19.1. The molecule has 16 aromatic carbocycles. The van der Waals surface area contributed by atoms with E-state index < -0.39 is 35.8 Å². The number of carbonyl (C=O) groups is 6. The van der Waals surface area contributed by atoms with Crippen LogP contribution in [0.5, 0.6) is 0 Å². The number of hydrogen-bond donors (Lipinski definition) is 2. The molecule has 0 amide bonds. The molecule has 24 nitrogen and oxygen atoms in total. The first kappa shape index (κ1) is 78.3. The molecule has 0 fully saturated rings. The van der Waals surface area contributed by atoms with E-state index in [1.54, 1.807) is 49.6 Å². The molecule has 22 aromatic rings. The van der Waals surface area contributed by atoms with Gasteiger partial charge in [0.25, 0.3) is 16.7 Å². The normalized spacial score (nSPS) is 12.3. The van der Waals surface area contributed by atoms with Gasteiger partial charge in [-0.1, -0.05) is 152 Å². The minimum atomic E-state index is -0.794. The van der Waals surface area contributed by atoms with Crippen LogP contribution in [0.4, 0.5) is 11.4 Å². The van der Waals surface area contributed by atoms with E-state index in [4.69, 9.17) is 45.6 Å². The summed E-state index contributed by atoms with van der Waals surface area (Å²) in [5, 5.41) is 18.4. The fourth-order valence-corrected chi connectivity index (χ4v) is 16.9. The zero-order valence-electron chi connectivity index (χ0n) is 63.5. The van der Waals surface area contributed by atoms with Crippen molar-refractivity contribution in [2.24, 2.45) is 0 Å². The zero-order valence-corrected chi connectivity index (χ0v) is 66.4. The summed E-state index contributed by atoms with van der Waals surface area (Å²) in [6.07, 6.45) is 0.500. The van der Waals surface area contributed by atoms with Crippen molar-refractivity contribution in [1.29, 1.82) is 0 Å². The third kappa shape index (κ3) is 12.2. The van der Waals surface area contributed by atoms with Crippen LogP contribution in [0.15, 0.2) is 281 Å². The molecule has 25 rings (SSSR count). The number of fused-ring (bicyclic) bond motifs is 10. The van der Waals surface area contributed by atoms with Crippen LogP contribution in [0, 0.1) is 14.9 Å². The second-order valence-corrected chi connectivity index (χ2v) is 27.7. The van der Waals surface area contributed by atoms with E-state index >= 15 is 0 Å². The number of carbonyl (C=O) groups excluding carboxylic acids is 10. The van der Waals surface area contributed by atoms with E-state index in [9.17, 15) is 43.2 Å². The maximum Gasteiger partial charge on any atom is 2.00 e. The van der Waals surface area contributed by atoms with Gasteiger partial charge in [0, 0.05) is 97.6 Å². The Balaban J connectivity index is 0.000000117. The van der Waals surface area contributed by atoms with Crippen molar-refractivity contribution < 1.29 is 81.6 Å². The number of benzene rings is 16. The second-order valence-electron chi connectivity index (χ2n) is 27.7. The second kappa shape index (κ2) is 30.6. The van der Waals surface area contributed by atoms with Crippen molar-refractivity contribution in [3.8, 4) is 0 Å². The van der Waals surface area contributed by atoms with Crippen molar-refractivity contribution in [2.45, 2.75) is 0 Å². The molecule has 25 heteroatoms. The van der Waals surface area contributed by atoms with Gasteiger partial charge >= 0.3 is 67.6 Å². The molecular weight excluding hydrogens is 1590 g/mol. The number of anilines is 2. The van der Waals surface area contributed by atoms with Crippen LogP contribution in [-0.4, -0.2) is 76.3 Å². The Kier molecular flexibility index (Phi) is 19.8. The van der Waals surface area contributed by atoms with Crippen molar-refractivity contribution >= 4 is 228 Å². The first-order chi connectivity index (χ1) is 57.5. The van der Waals surface area contributed by atoms with Gasteiger partial charge < -0.3 is 40.5 Å². The molecule has 0 unspecified atom stereocenters. The fourth-order valence-electron chi connectivity index (χ4n) is 16.9. The van der Waals surface area contributed by atoms with Crippen molar-refractivity contribution in [2.75, 3.05) is 11.5 Å². The van der Waals surface area contributed by atoms with Crippen molar-refractivity contribution in [3.05, 3.63) is 346 Å². The smallest absolute Gasteiger partial charge is 0.398 e. The van der Waals surface area contributed by atoms with E-state index in [1.165, 1.54) is 24.3 Å². The summed E-state index contributed by atoms with van der Waals surface area (Å²) >= 11 is 0. The molecule has 0 bridgehead atoms. The van der Waals surface area contributed by atoms with Crippen molar-refractivity contribution in [3.63, 3.8) is 0 Å². The predicted molar refractivity (Wildman–Crippen MR) is 457 cm³/mol. The van der Waals surface area contributed by atoms with Gasteiger partial charge in [0.15, 0.2) is 0 Å². The maximum absolute atomic E-state index is 14.2. The molecule has 3 aliphatic heterocycles. The monoisotopic (exact) mass is 1640 g/mol. The Morgan fingerprint density at radius 2 is 0.471 bits per heavy atom. The Labute approximate surface area is 691 Å². The molecule has 0 saturated carbocycles. The van der Waals surface area contributed by atoms with E-state index in [0.29, 0.717) is 38.6 Å². The third-order valence-electron chi connectivity index (χ3n) is 21.6. The number of pyridine rings is 3. The van der Waals surface area contributed by atoms with Gasteiger partial charge in [-0.3, -0.25) is 27.6 Å². The van der Waals surface area contributed by atoms with Gasteiger partial charge in [0.2, 0.25) is 0 Å². The molecule has 576 valence electrons. The molecule has 0 atom stereocenters. The summed E-state index contributed by atoms with van der Waals surface area (Å²) in [5.74, 6) is -4.31. The fraction of sp³-hybridized carbons (Fsp3) is 0. The zero-order chi connectivity index (χ0) is 81.2. The topological polar surface area (TPSA) is 354 Å². The summed E-state index contributed by atoms with van der Waals surface area (Å²) in [7, 11) is 0. The Morgan fingerprint density at radius 1 is 0.240 bits per heavy atom. The molecule has 3 aliphatic rings. The summed E-state index contributed by atoms with van der Waals surface area (Å²) in [5.41, 5.74) is 21.3. The largest absolute Gasteiger partial charge is 2.00 e. The number of nitrogen functional groups attached to an aromatic ring is 2. The standard InChI is InChI=1S/C34H16N4O2.C22H12N2O.C14H4O6.C12H6O3.C10H10N2.2CO2.2CH3.Zn/c39-33-21-15-16-22-30-20(32-36-24-10-2-6-18-8-4-12-26(28(18)24)38(32)34(22)40)14-13-19(29(21)30)31-35-23-9-1-5-17-7-3-11-25(27(17)23)37(31)33;25-22-16-10-2-6-13-5-1-9-15(19(13)16)21-23-17-11-3-7-14-8-4-12-18(20(14)17)24(21)22;15-11-5-1-2-6-10-8(14(18)20-12(6)16)4-3-7(9(5)10)13(17)19-11;13-11-8-5-1-3-7-4-2-6-9(10(7)8)12(14)15-11;11-8-5-1-3-7-4-2-6-9(12)10(7)8;2*2-1-3;;;/h1-16H;1-12H;1-4H;1-6H;1-6H,11-12H2;;;2*1H3;/q;;;;;;;2*-1;+2. The summed E-state index contributed by atoms with van der Waals surface area (Å²) in [6.45, 7) is 0. The summed E-state index contributed by atoms with van der Waals surface area (Å²) in [6, 6.07) is 83.6. The van der Waals surface area contributed by atoms with Crippen LogP contribution in [-0.2, 0) is 52.9 Å². The van der Waals surface area contributed by atoms with E-state index in [0.717, 1.165) is 142 Å². The van der Waals surface area contributed by atoms with E-state index in [-0.39, 0.29) is 96.3 Å². The van der Waals surface area contributed by atoms with E-state index in [1.807, 2.05) is 188 Å². The molecular formula is C96H54N8O16Zn. The van der Waals surface area contributed by atoms with Crippen LogP contribution in [0.2, 0.25) is 0 Å². The Morgan fingerprint density at radius 3 is 0.793 bits per heavy atom. The van der Waals surface area contributed by atoms with Crippen LogP contribution in [0.25, 0.3) is 169 Å². The average molecular weight is 1640 g/mol. The molecule has 0 aliphatic carbocycles. The van der Waals surface area contributed by atoms with Crippen LogP contribution in [0.1, 0.15) is 62.1 Å². The molecule has 6 aromatic heterocycles. The quantitative estimate of drug-likeness (QED) is 0.0208. The molecule has 4 N–H and O–H groups in total. The Bertz CT molecular complexity index is 8110. The first-order valence-corrected chi connectivity index (χ1v) is 36.4. The van der Waals surface area contributed by atoms with Crippen LogP contribution < -0.4 is 28.1 Å². The van der Waals surface area contributed by atoms with Gasteiger partial charge in [-0.25, -0.2) is 43.7 Å². The number of hydrogen-bond acceptors (Lipinski definition) is 21. The van der Waals surface area contributed by atoms with Gasteiger partial charge in [-0.05, 0) is 148 Å². The minimum absolute atomic E-state index is 0. The number of cyclic esters (lactones) is 6. The van der Waals surface area contributed by atoms with Gasteiger partial charge in [0.05, 0.1) is 66.5 Å². The Hall–Kier alpha value is -16.6. The molecule has 0 spiro atoms. The number of nitrogens with two attached hydrogens (primary N) is 2. The predicted octanol–water partition coefficient (Wildman–Crippen LogP) is 16.7. The maximum atomic E-state index is 14.2. The van der Waals surface area contributed by atoms with Gasteiger partial charge in [0.1, 0.15) is 16.9 Å². The number of ether oxygens (including phenoxy) is 3. The summed E-state index contributed by atoms with van der Waals surface area (Å²) in [4.78, 5) is 159.